The van der Waals surface area contributed by atoms with Crippen LogP contribution in [0.4, 0.5) is 28.4 Å². The Morgan fingerprint density at radius 2 is 0.851 bits per heavy atom. The summed E-state index contributed by atoms with van der Waals surface area (Å²) >= 11 is 1.91. The smallest absolute Gasteiger partial charge is 0.0726 e. The van der Waals surface area contributed by atoms with Crippen LogP contribution in [0.2, 0.25) is 0 Å². The second kappa shape index (κ2) is 16.9. The van der Waals surface area contributed by atoms with Gasteiger partial charge in [0.1, 0.15) is 0 Å². The van der Waals surface area contributed by atoms with Crippen LogP contribution >= 0.6 is 11.3 Å². The van der Waals surface area contributed by atoms with E-state index >= 15 is 0 Å². The Balaban J connectivity index is 0.873. The predicted molar refractivity (Wildman–Crippen MR) is 314 cm³/mol. The lowest BCUT2D eigenvalue weighted by atomic mass is 9.70. The molecule has 0 atom stereocenters. The molecule has 15 rings (SSSR count). The number of fused-ring (bicyclic) bond motifs is 15. The van der Waals surface area contributed by atoms with Crippen LogP contribution in [0.3, 0.4) is 0 Å². The van der Waals surface area contributed by atoms with Gasteiger partial charge in [-0.1, -0.05) is 224 Å². The third-order valence-corrected chi connectivity index (χ3v) is 17.0. The predicted octanol–water partition coefficient (Wildman–Crippen LogP) is 19.8. The number of anilines is 5. The molecule has 0 radical (unpaired) electrons. The first-order valence-corrected chi connectivity index (χ1v) is 26.3. The van der Waals surface area contributed by atoms with Crippen molar-refractivity contribution in [1.29, 1.82) is 0 Å². The van der Waals surface area contributed by atoms with Crippen LogP contribution in [0.5, 0.6) is 0 Å². The lowest BCUT2D eigenvalue weighted by Crippen LogP contribution is -2.26. The Labute approximate surface area is 434 Å². The molecule has 1 spiro atoms. The maximum atomic E-state index is 3.75. The first-order chi connectivity index (χ1) is 36.7. The zero-order valence-corrected chi connectivity index (χ0v) is 41.2. The van der Waals surface area contributed by atoms with E-state index in [9.17, 15) is 0 Å². The Bertz CT molecular complexity index is 4290. The summed E-state index contributed by atoms with van der Waals surface area (Å²) in [5, 5.41) is 8.96. The second-order valence-electron chi connectivity index (χ2n) is 19.6. The van der Waals surface area contributed by atoms with Crippen molar-refractivity contribution in [2.45, 2.75) is 5.41 Å². The lowest BCUT2D eigenvalue weighted by Gasteiger charge is -2.32. The van der Waals surface area contributed by atoms with Crippen LogP contribution in [-0.4, -0.2) is 0 Å². The van der Waals surface area contributed by atoms with Crippen molar-refractivity contribution in [1.82, 2.24) is 0 Å². The number of para-hydroxylation sites is 1. The highest BCUT2D eigenvalue weighted by atomic mass is 32.1. The molecule has 0 saturated heterocycles. The van der Waals surface area contributed by atoms with Gasteiger partial charge in [0.05, 0.1) is 11.1 Å². The molecular formula is C71H46N2S. The van der Waals surface area contributed by atoms with Gasteiger partial charge in [0.25, 0.3) is 0 Å². The molecule has 0 amide bonds. The van der Waals surface area contributed by atoms with Crippen molar-refractivity contribution < 1.29 is 0 Å². The van der Waals surface area contributed by atoms with Crippen LogP contribution < -0.4 is 10.2 Å². The number of benzene rings is 12. The van der Waals surface area contributed by atoms with E-state index in [4.69, 9.17) is 0 Å². The van der Waals surface area contributed by atoms with Crippen molar-refractivity contribution in [3.8, 4) is 55.6 Å². The second-order valence-corrected chi connectivity index (χ2v) is 20.6. The van der Waals surface area contributed by atoms with Crippen LogP contribution in [0.15, 0.2) is 273 Å². The van der Waals surface area contributed by atoms with Crippen LogP contribution in [0.1, 0.15) is 22.3 Å². The molecule has 2 aliphatic carbocycles. The fourth-order valence-corrected chi connectivity index (χ4v) is 13.8. The number of rotatable bonds is 8. The highest BCUT2D eigenvalue weighted by molar-refractivity contribution is 7.27. The average Bonchev–Trinajstić information content (AvgIpc) is 4.25. The number of hydrogen-bond acceptors (Lipinski definition) is 3. The summed E-state index contributed by atoms with van der Waals surface area (Å²) in [5.41, 5.74) is 22.6. The molecule has 0 saturated carbocycles. The largest absolute Gasteiger partial charge is 0.355 e. The van der Waals surface area contributed by atoms with Crippen LogP contribution in [0, 0.1) is 0 Å². The molecule has 1 heterocycles. The van der Waals surface area contributed by atoms with Gasteiger partial charge in [0, 0.05) is 54.0 Å². The number of hydrogen-bond donors (Lipinski definition) is 1. The van der Waals surface area contributed by atoms with Gasteiger partial charge in [-0.15, -0.1) is 11.3 Å². The van der Waals surface area contributed by atoms with E-state index in [0.717, 1.165) is 39.6 Å². The minimum Gasteiger partial charge on any atom is -0.355 e. The highest BCUT2D eigenvalue weighted by Crippen LogP contribution is 2.64. The summed E-state index contributed by atoms with van der Waals surface area (Å²) in [6.45, 7) is 0. The average molecular weight is 959 g/mol. The summed E-state index contributed by atoms with van der Waals surface area (Å²) in [5.74, 6) is 0. The van der Waals surface area contributed by atoms with E-state index in [2.05, 4.69) is 283 Å². The Morgan fingerprint density at radius 1 is 0.324 bits per heavy atom. The Kier molecular flexibility index (Phi) is 9.70. The zero-order chi connectivity index (χ0) is 48.7. The third kappa shape index (κ3) is 6.43. The van der Waals surface area contributed by atoms with Gasteiger partial charge in [-0.05, 0) is 126 Å². The molecule has 12 aromatic carbocycles. The molecule has 0 aliphatic heterocycles. The molecule has 3 heteroatoms. The summed E-state index contributed by atoms with van der Waals surface area (Å²) in [6.07, 6.45) is 0. The van der Waals surface area contributed by atoms with Gasteiger partial charge in [-0.2, -0.15) is 0 Å². The molecule has 0 bridgehead atoms. The quantitative estimate of drug-likeness (QED) is 0.163. The maximum Gasteiger partial charge on any atom is 0.0726 e. The number of nitrogens with one attached hydrogen (secondary N) is 1. The fraction of sp³-hybridized carbons (Fsp3) is 0.0141. The Hall–Kier alpha value is -9.28. The zero-order valence-electron chi connectivity index (χ0n) is 40.3. The normalized spacial score (nSPS) is 12.7. The Morgan fingerprint density at radius 3 is 1.61 bits per heavy atom. The maximum absolute atomic E-state index is 3.75. The molecule has 13 aromatic rings. The van der Waals surface area contributed by atoms with E-state index in [1.807, 2.05) is 11.3 Å². The fourth-order valence-electron chi connectivity index (χ4n) is 12.5. The number of nitrogens with zero attached hydrogens (tertiary/aromatic N) is 1. The van der Waals surface area contributed by atoms with E-state index in [1.54, 1.807) is 0 Å². The van der Waals surface area contributed by atoms with Crippen LogP contribution in [0.25, 0.3) is 86.6 Å². The first kappa shape index (κ1) is 42.4. The van der Waals surface area contributed by atoms with Gasteiger partial charge in [0.15, 0.2) is 0 Å². The molecule has 2 nitrogen and oxygen atoms in total. The van der Waals surface area contributed by atoms with E-state index in [0.29, 0.717) is 0 Å². The minimum absolute atomic E-state index is 0.455. The van der Waals surface area contributed by atoms with Gasteiger partial charge >= 0.3 is 0 Å². The SMILES string of the molecule is c1ccc(-c2ccccc2Nc2cccc(-c3ccc(N(c4ccc(-c5cccc6c5sc5c7ccccc7ccc65)cc4)c4cccc5c4-c4ccccc4C54c5ccccc5-c5ccccc54)cc3)c2)cc1. The summed E-state index contributed by atoms with van der Waals surface area (Å²) < 4.78 is 2.66. The molecule has 74 heavy (non-hydrogen) atoms. The summed E-state index contributed by atoms with van der Waals surface area (Å²) in [4.78, 5) is 2.49. The van der Waals surface area contributed by atoms with Crippen molar-refractivity contribution in [3.63, 3.8) is 0 Å². The standard InChI is InChI=1S/C71H46N2S/c1-2-17-47(18-3-1)54-22-9-13-33-66(54)72-51-21-14-20-50(45-51)46-35-40-52(41-36-46)73(53-42-37-49(38-43-53)56-27-15-28-59-60-44-39-48-19-4-5-23-55(48)70(60)74-69(56)59)67-34-16-32-65-68(67)61-26-8-12-31-64(61)71(65)62-29-10-6-24-57(62)58-25-7-11-30-63(58)71/h1-45,72H. The summed E-state index contributed by atoms with van der Waals surface area (Å²) in [7, 11) is 0. The van der Waals surface area contributed by atoms with E-state index in [-0.39, 0.29) is 0 Å². The third-order valence-electron chi connectivity index (χ3n) is 15.7. The minimum atomic E-state index is -0.455. The molecular weight excluding hydrogens is 913 g/mol. The molecule has 0 unspecified atom stereocenters. The molecule has 346 valence electrons. The molecule has 0 fully saturated rings. The molecule has 2 aliphatic rings. The van der Waals surface area contributed by atoms with Crippen molar-refractivity contribution in [3.05, 3.63) is 295 Å². The molecule has 1 aromatic heterocycles. The highest BCUT2D eigenvalue weighted by Gasteiger charge is 2.52. The van der Waals surface area contributed by atoms with Crippen LogP contribution in [-0.2, 0) is 5.41 Å². The molecule has 1 N–H and O–H groups in total. The van der Waals surface area contributed by atoms with Gasteiger partial charge in [-0.3, -0.25) is 0 Å². The lowest BCUT2D eigenvalue weighted by molar-refractivity contribution is 0.794. The van der Waals surface area contributed by atoms with Crippen molar-refractivity contribution in [2.24, 2.45) is 0 Å². The van der Waals surface area contributed by atoms with Gasteiger partial charge in [0.2, 0.25) is 0 Å². The topological polar surface area (TPSA) is 15.3 Å². The number of thiophene rings is 1. The van der Waals surface area contributed by atoms with E-state index < -0.39 is 5.41 Å². The summed E-state index contributed by atoms with van der Waals surface area (Å²) in [6, 6.07) is 101. The van der Waals surface area contributed by atoms with Crippen molar-refractivity contribution >= 4 is 70.7 Å². The van der Waals surface area contributed by atoms with E-state index in [1.165, 1.54) is 97.7 Å². The van der Waals surface area contributed by atoms with Crippen molar-refractivity contribution in [2.75, 3.05) is 10.2 Å². The first-order valence-electron chi connectivity index (χ1n) is 25.5. The van der Waals surface area contributed by atoms with Gasteiger partial charge in [-0.25, -0.2) is 0 Å². The monoisotopic (exact) mass is 958 g/mol. The van der Waals surface area contributed by atoms with Gasteiger partial charge < -0.3 is 10.2 Å².